The Morgan fingerprint density at radius 2 is 1.77 bits per heavy atom. The van der Waals surface area contributed by atoms with Crippen molar-refractivity contribution in [3.63, 3.8) is 0 Å². The predicted molar refractivity (Wildman–Crippen MR) is 135 cm³/mol. The summed E-state index contributed by atoms with van der Waals surface area (Å²) in [5.41, 5.74) is -1.88. The molecule has 0 aliphatic carbocycles. The summed E-state index contributed by atoms with van der Waals surface area (Å²) in [7, 11) is -3.51. The van der Waals surface area contributed by atoms with Crippen LogP contribution < -0.4 is 10.5 Å². The van der Waals surface area contributed by atoms with Gasteiger partial charge < -0.3 is 9.88 Å². The van der Waals surface area contributed by atoms with E-state index < -0.39 is 44.5 Å². The molecule has 39 heavy (non-hydrogen) atoms. The third-order valence-electron chi connectivity index (χ3n) is 6.10. The summed E-state index contributed by atoms with van der Waals surface area (Å²) in [5.74, 6) is -1.53. The molecule has 4 rings (SSSR count). The summed E-state index contributed by atoms with van der Waals surface area (Å²) >= 11 is 0. The molecule has 2 amide bonds. The molecule has 3 aromatic rings. The van der Waals surface area contributed by atoms with Gasteiger partial charge in [-0.1, -0.05) is 18.2 Å². The Hall–Kier alpha value is -3.97. The van der Waals surface area contributed by atoms with Crippen LogP contribution in [0.25, 0.3) is 0 Å². The van der Waals surface area contributed by atoms with Crippen molar-refractivity contribution in [1.82, 2.24) is 10.0 Å². The highest BCUT2D eigenvalue weighted by molar-refractivity contribution is 7.90. The molecule has 1 aliphatic heterocycles. The number of carbonyl (C=O) groups excluding carboxylic acids is 2. The van der Waals surface area contributed by atoms with Crippen molar-refractivity contribution < 1.29 is 36.0 Å². The first-order chi connectivity index (χ1) is 18.3. The number of nitrogens with zero attached hydrogens (tertiary/aromatic N) is 2. The quantitative estimate of drug-likeness (QED) is 0.489. The number of alkyl halides is 3. The Kier molecular flexibility index (Phi) is 7.66. The minimum Gasteiger partial charge on any atom is -0.325 e. The van der Waals surface area contributed by atoms with E-state index in [2.05, 4.69) is 4.98 Å². The second-order valence-electron chi connectivity index (χ2n) is 9.00. The standard InChI is InChI=1S/C26H24F3N3O6S/c1-16-21(25(35)32-11-4-12-38-32)14-22(23(33)30-16)24(34)31(19-6-3-5-18(13-19)26(27,28)29)15-17-7-9-20(10-8-17)39(2,36)37/h3,5-10,13-14H,4,11-12,15H2,1-2H3,(H,30,33). The first-order valence-electron chi connectivity index (χ1n) is 11.7. The Balaban J connectivity index is 1.79. The largest absolute Gasteiger partial charge is 0.416 e. The van der Waals surface area contributed by atoms with E-state index in [1.165, 1.54) is 37.3 Å². The molecule has 0 spiro atoms. The lowest BCUT2D eigenvalue weighted by atomic mass is 10.1. The maximum Gasteiger partial charge on any atom is 0.416 e. The Morgan fingerprint density at radius 1 is 1.08 bits per heavy atom. The average Bonchev–Trinajstić information content (AvgIpc) is 3.41. The second kappa shape index (κ2) is 10.7. The lowest BCUT2D eigenvalue weighted by Gasteiger charge is -2.24. The van der Waals surface area contributed by atoms with Gasteiger partial charge in [-0.3, -0.25) is 19.2 Å². The molecule has 0 unspecified atom stereocenters. The lowest BCUT2D eigenvalue weighted by Crippen LogP contribution is -2.36. The smallest absolute Gasteiger partial charge is 0.325 e. The first-order valence-corrected chi connectivity index (χ1v) is 13.6. The zero-order chi connectivity index (χ0) is 28.5. The van der Waals surface area contributed by atoms with Crippen LogP contribution in [-0.4, -0.2) is 49.7 Å². The van der Waals surface area contributed by atoms with Crippen LogP contribution in [0, 0.1) is 6.92 Å². The fraction of sp³-hybridized carbons (Fsp3) is 0.269. The number of carbonyl (C=O) groups is 2. The number of hydroxylamine groups is 2. The normalized spacial score (nSPS) is 13.9. The van der Waals surface area contributed by atoms with E-state index in [1.807, 2.05) is 0 Å². The number of rotatable bonds is 6. The van der Waals surface area contributed by atoms with Crippen molar-refractivity contribution in [3.05, 3.63) is 92.9 Å². The van der Waals surface area contributed by atoms with Gasteiger partial charge in [0.15, 0.2) is 9.84 Å². The first kappa shape index (κ1) is 28.0. The zero-order valence-electron chi connectivity index (χ0n) is 20.9. The zero-order valence-corrected chi connectivity index (χ0v) is 21.7. The van der Waals surface area contributed by atoms with Gasteiger partial charge in [-0.05, 0) is 55.3 Å². The van der Waals surface area contributed by atoms with Crippen LogP contribution in [0.3, 0.4) is 0 Å². The summed E-state index contributed by atoms with van der Waals surface area (Å²) in [6, 6.07) is 10.6. The number of nitrogens with one attached hydrogen (secondary N) is 1. The van der Waals surface area contributed by atoms with Gasteiger partial charge in [-0.15, -0.1) is 0 Å². The molecule has 1 aliphatic rings. The van der Waals surface area contributed by atoms with Crippen molar-refractivity contribution in [2.75, 3.05) is 24.3 Å². The van der Waals surface area contributed by atoms with Gasteiger partial charge >= 0.3 is 6.18 Å². The molecule has 2 heterocycles. The number of aromatic nitrogens is 1. The van der Waals surface area contributed by atoms with Gasteiger partial charge in [0, 0.05) is 17.6 Å². The van der Waals surface area contributed by atoms with E-state index in [9.17, 15) is 36.0 Å². The third-order valence-corrected chi connectivity index (χ3v) is 7.23. The van der Waals surface area contributed by atoms with Gasteiger partial charge in [0.05, 0.1) is 35.7 Å². The molecule has 1 saturated heterocycles. The van der Waals surface area contributed by atoms with Gasteiger partial charge in [0.25, 0.3) is 17.4 Å². The summed E-state index contributed by atoms with van der Waals surface area (Å²) in [4.78, 5) is 48.2. The van der Waals surface area contributed by atoms with Gasteiger partial charge in [-0.2, -0.15) is 13.2 Å². The molecule has 1 N–H and O–H groups in total. The molecule has 2 aromatic carbocycles. The minimum absolute atomic E-state index is 0.00125. The summed E-state index contributed by atoms with van der Waals surface area (Å²) < 4.78 is 64.0. The highest BCUT2D eigenvalue weighted by atomic mass is 32.2. The Bertz CT molecular complexity index is 1580. The molecular formula is C26H24F3N3O6S. The Morgan fingerprint density at radius 3 is 2.36 bits per heavy atom. The fourth-order valence-electron chi connectivity index (χ4n) is 4.05. The Labute approximate surface area is 221 Å². The van der Waals surface area contributed by atoms with E-state index in [0.29, 0.717) is 25.1 Å². The van der Waals surface area contributed by atoms with Crippen LogP contribution in [0.1, 0.15) is 44.0 Å². The molecule has 206 valence electrons. The molecule has 9 nitrogen and oxygen atoms in total. The van der Waals surface area contributed by atoms with Crippen LogP contribution in [-0.2, 0) is 27.4 Å². The summed E-state index contributed by atoms with van der Waals surface area (Å²) in [5, 5.41) is 1.11. The molecule has 1 fully saturated rings. The van der Waals surface area contributed by atoms with Crippen LogP contribution in [0.2, 0.25) is 0 Å². The molecule has 0 radical (unpaired) electrons. The third kappa shape index (κ3) is 6.20. The average molecular weight is 564 g/mol. The van der Waals surface area contributed by atoms with Gasteiger partial charge in [-0.25, -0.2) is 13.5 Å². The highest BCUT2D eigenvalue weighted by Gasteiger charge is 2.32. The number of pyridine rings is 1. The number of anilines is 1. The maximum absolute atomic E-state index is 13.7. The van der Waals surface area contributed by atoms with Crippen LogP contribution in [0.4, 0.5) is 18.9 Å². The molecule has 0 saturated carbocycles. The van der Waals surface area contributed by atoms with Gasteiger partial charge in [0.1, 0.15) is 5.56 Å². The number of aromatic amines is 1. The van der Waals surface area contributed by atoms with E-state index in [-0.39, 0.29) is 28.4 Å². The fourth-order valence-corrected chi connectivity index (χ4v) is 4.68. The van der Waals surface area contributed by atoms with Crippen LogP contribution in [0.5, 0.6) is 0 Å². The number of halogens is 3. The second-order valence-corrected chi connectivity index (χ2v) is 11.0. The monoisotopic (exact) mass is 563 g/mol. The van der Waals surface area contributed by atoms with E-state index in [4.69, 9.17) is 4.84 Å². The molecule has 13 heteroatoms. The number of hydrogen-bond donors (Lipinski definition) is 1. The number of H-pyrrole nitrogens is 1. The summed E-state index contributed by atoms with van der Waals surface area (Å²) in [6.07, 6.45) is -3.06. The van der Waals surface area contributed by atoms with Crippen molar-refractivity contribution >= 4 is 27.3 Å². The van der Waals surface area contributed by atoms with E-state index in [1.54, 1.807) is 0 Å². The maximum atomic E-state index is 13.7. The predicted octanol–water partition coefficient (Wildman–Crippen LogP) is 3.73. The van der Waals surface area contributed by atoms with Gasteiger partial charge in [0.2, 0.25) is 0 Å². The SMILES string of the molecule is Cc1[nH]c(=O)c(C(=O)N(Cc2ccc(S(C)(=O)=O)cc2)c2cccc(C(F)(F)F)c2)cc1C(=O)N1CCCO1. The van der Waals surface area contributed by atoms with Crippen molar-refractivity contribution in [1.29, 1.82) is 0 Å². The van der Waals surface area contributed by atoms with Crippen molar-refractivity contribution in [2.24, 2.45) is 0 Å². The topological polar surface area (TPSA) is 117 Å². The molecule has 0 atom stereocenters. The number of hydrogen-bond acceptors (Lipinski definition) is 6. The summed E-state index contributed by atoms with van der Waals surface area (Å²) in [6.45, 7) is 1.84. The van der Waals surface area contributed by atoms with Crippen molar-refractivity contribution in [3.8, 4) is 0 Å². The van der Waals surface area contributed by atoms with Crippen molar-refractivity contribution in [2.45, 2.75) is 31.0 Å². The van der Waals surface area contributed by atoms with E-state index >= 15 is 0 Å². The highest BCUT2D eigenvalue weighted by Crippen LogP contribution is 2.32. The number of aryl methyl sites for hydroxylation is 1. The van der Waals surface area contributed by atoms with Crippen LogP contribution in [0.15, 0.2) is 64.3 Å². The lowest BCUT2D eigenvalue weighted by molar-refractivity contribution is -0.137. The molecule has 1 aromatic heterocycles. The number of benzene rings is 2. The number of amides is 2. The number of sulfone groups is 1. The molecular weight excluding hydrogens is 539 g/mol. The van der Waals surface area contributed by atoms with E-state index in [0.717, 1.165) is 40.5 Å². The minimum atomic E-state index is -4.70. The van der Waals surface area contributed by atoms with Crippen LogP contribution >= 0.6 is 0 Å². The molecule has 0 bridgehead atoms.